The van der Waals surface area contributed by atoms with Crippen molar-refractivity contribution in [3.8, 4) is 0 Å². The predicted octanol–water partition coefficient (Wildman–Crippen LogP) is 3.83. The zero-order valence-corrected chi connectivity index (χ0v) is 13.8. The van der Waals surface area contributed by atoms with E-state index in [-0.39, 0.29) is 6.04 Å². The number of hydrogen-bond acceptors (Lipinski definition) is 6. The van der Waals surface area contributed by atoms with Crippen LogP contribution in [0.25, 0.3) is 0 Å². The molecule has 1 saturated carbocycles. The molecule has 1 aliphatic heterocycles. The number of aryl methyl sites for hydroxylation is 1. The van der Waals surface area contributed by atoms with Gasteiger partial charge in [-0.2, -0.15) is 4.98 Å². The summed E-state index contributed by atoms with van der Waals surface area (Å²) >= 11 is 1.84. The lowest BCUT2D eigenvalue weighted by molar-refractivity contribution is 0.232. The van der Waals surface area contributed by atoms with Gasteiger partial charge in [0.25, 0.3) is 0 Å². The largest absolute Gasteiger partial charge is 0.340 e. The average molecular weight is 318 g/mol. The summed E-state index contributed by atoms with van der Waals surface area (Å²) in [7, 11) is 0. The molecule has 0 spiro atoms. The number of hydrogen-bond donors (Lipinski definition) is 0. The summed E-state index contributed by atoms with van der Waals surface area (Å²) in [6, 6.07) is 0.286. The van der Waals surface area contributed by atoms with E-state index in [1.54, 1.807) is 0 Å². The van der Waals surface area contributed by atoms with Gasteiger partial charge in [0.2, 0.25) is 5.89 Å². The fourth-order valence-electron chi connectivity index (χ4n) is 3.72. The first-order valence-electron chi connectivity index (χ1n) is 8.28. The lowest BCUT2D eigenvalue weighted by atomic mass is 10.1. The maximum Gasteiger partial charge on any atom is 0.223 e. The van der Waals surface area contributed by atoms with E-state index in [1.165, 1.54) is 42.8 Å². The molecule has 0 radical (unpaired) electrons. The van der Waals surface area contributed by atoms with Gasteiger partial charge in [0.15, 0.2) is 5.82 Å². The minimum Gasteiger partial charge on any atom is -0.340 e. The van der Waals surface area contributed by atoms with Crippen molar-refractivity contribution >= 4 is 11.3 Å². The Bertz CT molecular complexity index is 632. The van der Waals surface area contributed by atoms with E-state index in [1.807, 2.05) is 18.3 Å². The van der Waals surface area contributed by atoms with E-state index in [9.17, 15) is 0 Å². The van der Waals surface area contributed by atoms with E-state index >= 15 is 0 Å². The van der Waals surface area contributed by atoms with Crippen molar-refractivity contribution in [2.24, 2.45) is 0 Å². The first kappa shape index (κ1) is 14.3. The lowest BCUT2D eigenvalue weighted by Gasteiger charge is -2.20. The smallest absolute Gasteiger partial charge is 0.223 e. The molecule has 1 aliphatic carbocycles. The zero-order valence-electron chi connectivity index (χ0n) is 13.0. The van der Waals surface area contributed by atoms with Crippen molar-refractivity contribution in [2.45, 2.75) is 64.0 Å². The maximum atomic E-state index is 5.15. The topological polar surface area (TPSA) is 55.1 Å². The summed E-state index contributed by atoms with van der Waals surface area (Å²) < 4.78 is 5.15. The Morgan fingerprint density at radius 3 is 2.86 bits per heavy atom. The van der Waals surface area contributed by atoms with Crippen LogP contribution in [-0.2, 0) is 6.54 Å². The van der Waals surface area contributed by atoms with Crippen LogP contribution in [0.3, 0.4) is 0 Å². The molecule has 1 saturated heterocycles. The highest BCUT2D eigenvalue weighted by Gasteiger charge is 2.30. The number of likely N-dealkylation sites (tertiary alicyclic amines) is 1. The monoisotopic (exact) mass is 318 g/mol. The molecular weight excluding hydrogens is 296 g/mol. The van der Waals surface area contributed by atoms with Crippen LogP contribution < -0.4 is 0 Å². The van der Waals surface area contributed by atoms with E-state index in [0.717, 1.165) is 25.3 Å². The molecule has 22 heavy (non-hydrogen) atoms. The summed E-state index contributed by atoms with van der Waals surface area (Å²) in [5.74, 6) is 2.20. The Balaban J connectivity index is 1.45. The summed E-state index contributed by atoms with van der Waals surface area (Å²) in [5, 5.41) is 7.70. The minimum absolute atomic E-state index is 0.286. The van der Waals surface area contributed by atoms with E-state index in [2.05, 4.69) is 20.4 Å². The molecule has 5 nitrogen and oxygen atoms in total. The number of rotatable bonds is 4. The van der Waals surface area contributed by atoms with Crippen LogP contribution >= 0.6 is 11.3 Å². The van der Waals surface area contributed by atoms with Crippen molar-refractivity contribution in [3.63, 3.8) is 0 Å². The highest BCUT2D eigenvalue weighted by molar-refractivity contribution is 7.09. The third kappa shape index (κ3) is 2.82. The van der Waals surface area contributed by atoms with Crippen molar-refractivity contribution in [3.05, 3.63) is 27.8 Å². The standard InChI is InChI=1S/C16H22N4OS/c1-11-17-15(19-21-11)14-7-4-8-20(14)9-13-10-22-16(18-13)12-5-2-3-6-12/h10,12,14H,2-9H2,1H3. The fraction of sp³-hybridized carbons (Fsp3) is 0.688. The lowest BCUT2D eigenvalue weighted by Crippen LogP contribution is -2.23. The van der Waals surface area contributed by atoms with Crippen LogP contribution in [-0.4, -0.2) is 26.6 Å². The second-order valence-corrected chi connectivity index (χ2v) is 7.35. The molecule has 0 N–H and O–H groups in total. The summed E-state index contributed by atoms with van der Waals surface area (Å²) in [4.78, 5) is 11.8. The molecule has 118 valence electrons. The van der Waals surface area contributed by atoms with Gasteiger partial charge in [-0.1, -0.05) is 18.0 Å². The van der Waals surface area contributed by atoms with Gasteiger partial charge < -0.3 is 4.52 Å². The highest BCUT2D eigenvalue weighted by Crippen LogP contribution is 2.36. The van der Waals surface area contributed by atoms with Crippen molar-refractivity contribution in [1.82, 2.24) is 20.0 Å². The Labute approximate surface area is 134 Å². The van der Waals surface area contributed by atoms with Gasteiger partial charge in [-0.3, -0.25) is 4.90 Å². The third-order valence-electron chi connectivity index (χ3n) is 4.84. The van der Waals surface area contributed by atoms with Crippen molar-refractivity contribution in [1.29, 1.82) is 0 Å². The molecule has 3 heterocycles. The van der Waals surface area contributed by atoms with Gasteiger partial charge in [-0.05, 0) is 32.2 Å². The van der Waals surface area contributed by atoms with Crippen LogP contribution in [0.15, 0.2) is 9.90 Å². The maximum absolute atomic E-state index is 5.15. The molecule has 2 aromatic rings. The van der Waals surface area contributed by atoms with Gasteiger partial charge in [0.1, 0.15) is 0 Å². The predicted molar refractivity (Wildman–Crippen MR) is 84.7 cm³/mol. The molecule has 4 rings (SSSR count). The molecule has 2 fully saturated rings. The van der Waals surface area contributed by atoms with Crippen LogP contribution in [0, 0.1) is 6.92 Å². The molecule has 0 amide bonds. The van der Waals surface area contributed by atoms with Gasteiger partial charge >= 0.3 is 0 Å². The van der Waals surface area contributed by atoms with Gasteiger partial charge in [-0.25, -0.2) is 4.98 Å². The first-order valence-corrected chi connectivity index (χ1v) is 9.16. The molecule has 0 bridgehead atoms. The van der Waals surface area contributed by atoms with E-state index in [0.29, 0.717) is 11.8 Å². The SMILES string of the molecule is Cc1nc(C2CCCN2Cc2csc(C3CCCC3)n2)no1. The van der Waals surface area contributed by atoms with Crippen LogP contribution in [0.2, 0.25) is 0 Å². The fourth-order valence-corrected chi connectivity index (χ4v) is 4.70. The first-order chi connectivity index (χ1) is 10.8. The number of aromatic nitrogens is 3. The summed E-state index contributed by atoms with van der Waals surface area (Å²) in [6.45, 7) is 3.85. The number of nitrogens with zero attached hydrogens (tertiary/aromatic N) is 4. The average Bonchev–Trinajstić information content (AvgIpc) is 3.26. The Morgan fingerprint density at radius 2 is 2.09 bits per heavy atom. The van der Waals surface area contributed by atoms with Crippen molar-refractivity contribution in [2.75, 3.05) is 6.54 Å². The summed E-state index contributed by atoms with van der Waals surface area (Å²) in [5.41, 5.74) is 1.21. The molecule has 1 atom stereocenters. The Morgan fingerprint density at radius 1 is 1.23 bits per heavy atom. The molecule has 6 heteroatoms. The Hall–Kier alpha value is -1.27. The molecular formula is C16H22N4OS. The minimum atomic E-state index is 0.286. The van der Waals surface area contributed by atoms with Crippen LogP contribution in [0.5, 0.6) is 0 Å². The Kier molecular flexibility index (Phi) is 3.96. The number of thiazole rings is 1. The molecule has 0 aromatic carbocycles. The normalized spacial score (nSPS) is 23.6. The highest BCUT2D eigenvalue weighted by atomic mass is 32.1. The second-order valence-electron chi connectivity index (χ2n) is 6.46. The third-order valence-corrected chi connectivity index (χ3v) is 5.90. The molecule has 1 unspecified atom stereocenters. The van der Waals surface area contributed by atoms with Crippen LogP contribution in [0.4, 0.5) is 0 Å². The van der Waals surface area contributed by atoms with E-state index in [4.69, 9.17) is 9.51 Å². The van der Waals surface area contributed by atoms with Crippen LogP contribution in [0.1, 0.15) is 72.9 Å². The van der Waals surface area contributed by atoms with Gasteiger partial charge in [-0.15, -0.1) is 11.3 Å². The molecule has 2 aromatic heterocycles. The van der Waals surface area contributed by atoms with Gasteiger partial charge in [0, 0.05) is 24.8 Å². The summed E-state index contributed by atoms with van der Waals surface area (Å²) in [6.07, 6.45) is 7.68. The molecule has 2 aliphatic rings. The van der Waals surface area contributed by atoms with Crippen molar-refractivity contribution < 1.29 is 4.52 Å². The zero-order chi connectivity index (χ0) is 14.9. The van der Waals surface area contributed by atoms with E-state index < -0.39 is 0 Å². The quantitative estimate of drug-likeness (QED) is 0.857. The second kappa shape index (κ2) is 6.08. The van der Waals surface area contributed by atoms with Gasteiger partial charge in [0.05, 0.1) is 16.7 Å².